The molecule has 0 amide bonds. The van der Waals surface area contributed by atoms with Gasteiger partial charge in [-0.1, -0.05) is 44.2 Å². The van der Waals surface area contributed by atoms with Crippen LogP contribution in [0.4, 0.5) is 0 Å². The van der Waals surface area contributed by atoms with Crippen molar-refractivity contribution in [2.75, 3.05) is 0 Å². The molecule has 32 heavy (non-hydrogen) atoms. The van der Waals surface area contributed by atoms with Crippen LogP contribution in [0.1, 0.15) is 31.7 Å². The van der Waals surface area contributed by atoms with Crippen LogP contribution in [0.3, 0.4) is 0 Å². The van der Waals surface area contributed by atoms with Crippen molar-refractivity contribution >= 4 is 23.1 Å². The zero-order valence-electron chi connectivity index (χ0n) is 17.8. The van der Waals surface area contributed by atoms with E-state index < -0.39 is 0 Å². The standard InChI is InChI=1S/C26H19BN2O3/c1-3-14(2)16-9-17-22-18(10-16)32-26-24-21(13-29-25(26)15-7-5-4-6-8-15)31-20-12-28-11-19(30-17)23(20)27(22)24/h4-14H,3H2,1-2H3. The molecule has 0 saturated carbocycles. The Balaban J connectivity index is 1.55. The van der Waals surface area contributed by atoms with E-state index in [1.165, 1.54) is 5.56 Å². The molecule has 2 aromatic carbocycles. The topological polar surface area (TPSA) is 53.5 Å². The first-order valence-electron chi connectivity index (χ1n) is 11.0. The van der Waals surface area contributed by atoms with Gasteiger partial charge >= 0.3 is 0 Å². The third-order valence-electron chi connectivity index (χ3n) is 6.82. The molecule has 5 heterocycles. The number of nitrogens with zero attached hydrogens (tertiary/aromatic N) is 2. The van der Waals surface area contributed by atoms with Crippen LogP contribution in [0.15, 0.2) is 61.1 Å². The first-order chi connectivity index (χ1) is 15.7. The van der Waals surface area contributed by atoms with E-state index in [1.54, 1.807) is 18.6 Å². The number of ether oxygens (including phenoxy) is 3. The number of hydrogen-bond donors (Lipinski definition) is 0. The second kappa shape index (κ2) is 6.36. The van der Waals surface area contributed by atoms with Gasteiger partial charge in [0.25, 0.3) is 6.71 Å². The van der Waals surface area contributed by atoms with E-state index >= 15 is 0 Å². The fourth-order valence-electron chi connectivity index (χ4n) is 5.01. The molecule has 4 aromatic rings. The molecule has 0 spiro atoms. The number of aromatic nitrogens is 2. The third-order valence-corrected chi connectivity index (χ3v) is 6.82. The molecular weight excluding hydrogens is 399 g/mol. The molecule has 5 nitrogen and oxygen atoms in total. The van der Waals surface area contributed by atoms with Crippen molar-refractivity contribution in [3.05, 3.63) is 66.6 Å². The largest absolute Gasteiger partial charge is 0.457 e. The van der Waals surface area contributed by atoms with Gasteiger partial charge in [0.1, 0.15) is 34.4 Å². The summed E-state index contributed by atoms with van der Waals surface area (Å²) in [4.78, 5) is 9.11. The van der Waals surface area contributed by atoms with Crippen LogP contribution in [0.2, 0.25) is 0 Å². The lowest BCUT2D eigenvalue weighted by atomic mass is 9.34. The Kier molecular flexibility index (Phi) is 3.55. The average molecular weight is 418 g/mol. The van der Waals surface area contributed by atoms with Crippen molar-refractivity contribution in [2.45, 2.75) is 26.2 Å². The molecule has 3 aliphatic heterocycles. The summed E-state index contributed by atoms with van der Waals surface area (Å²) in [6, 6.07) is 14.5. The Morgan fingerprint density at radius 1 is 0.812 bits per heavy atom. The summed E-state index contributed by atoms with van der Waals surface area (Å²) >= 11 is 0. The van der Waals surface area contributed by atoms with Crippen LogP contribution >= 0.6 is 0 Å². The molecule has 6 heteroatoms. The van der Waals surface area contributed by atoms with E-state index in [0.29, 0.717) is 17.4 Å². The highest BCUT2D eigenvalue weighted by atomic mass is 16.5. The number of hydrogen-bond acceptors (Lipinski definition) is 5. The minimum absolute atomic E-state index is 0.0364. The van der Waals surface area contributed by atoms with Gasteiger partial charge < -0.3 is 14.2 Å². The van der Waals surface area contributed by atoms with Crippen molar-refractivity contribution in [1.82, 2.24) is 9.97 Å². The highest BCUT2D eigenvalue weighted by molar-refractivity contribution is 6.99. The highest BCUT2D eigenvalue weighted by Crippen LogP contribution is 2.44. The third kappa shape index (κ3) is 2.29. The number of benzene rings is 2. The molecule has 1 atom stereocenters. The lowest BCUT2D eigenvalue weighted by molar-refractivity contribution is 0.437. The zero-order chi connectivity index (χ0) is 21.4. The monoisotopic (exact) mass is 418 g/mol. The minimum Gasteiger partial charge on any atom is -0.457 e. The minimum atomic E-state index is -0.0364. The summed E-state index contributed by atoms with van der Waals surface area (Å²) in [6.45, 7) is 4.39. The van der Waals surface area contributed by atoms with E-state index in [1.807, 2.05) is 18.2 Å². The van der Waals surface area contributed by atoms with Gasteiger partial charge in [-0.05, 0) is 30.0 Å². The molecule has 0 fully saturated rings. The van der Waals surface area contributed by atoms with E-state index in [2.05, 4.69) is 43.1 Å². The Morgan fingerprint density at radius 2 is 1.47 bits per heavy atom. The molecule has 0 N–H and O–H groups in total. The van der Waals surface area contributed by atoms with Gasteiger partial charge in [0.05, 0.1) is 18.6 Å². The van der Waals surface area contributed by atoms with Gasteiger partial charge in [0.2, 0.25) is 0 Å². The van der Waals surface area contributed by atoms with Crippen LogP contribution in [0, 0.1) is 0 Å². The first-order valence-corrected chi connectivity index (χ1v) is 11.0. The average Bonchev–Trinajstić information content (AvgIpc) is 2.84. The van der Waals surface area contributed by atoms with Crippen LogP contribution in [-0.2, 0) is 0 Å². The smallest absolute Gasteiger partial charge is 0.270 e. The molecular formula is C26H19BN2O3. The van der Waals surface area contributed by atoms with Crippen LogP contribution in [-0.4, -0.2) is 16.7 Å². The van der Waals surface area contributed by atoms with Gasteiger partial charge in [0, 0.05) is 22.0 Å². The Bertz CT molecular complexity index is 1420. The molecule has 0 saturated heterocycles. The van der Waals surface area contributed by atoms with Gasteiger partial charge in [-0.25, -0.2) is 4.98 Å². The predicted octanol–water partition coefficient (Wildman–Crippen LogP) is 4.49. The molecule has 1 unspecified atom stereocenters. The molecule has 7 rings (SSSR count). The van der Waals surface area contributed by atoms with Crippen molar-refractivity contribution in [2.24, 2.45) is 0 Å². The second-order valence-electron chi connectivity index (χ2n) is 8.61. The maximum atomic E-state index is 6.63. The van der Waals surface area contributed by atoms with Crippen LogP contribution < -0.4 is 30.6 Å². The highest BCUT2D eigenvalue weighted by Gasteiger charge is 2.47. The van der Waals surface area contributed by atoms with E-state index in [0.717, 1.165) is 57.1 Å². The molecule has 154 valence electrons. The lowest BCUT2D eigenvalue weighted by Gasteiger charge is -2.37. The van der Waals surface area contributed by atoms with Crippen molar-refractivity contribution < 1.29 is 14.2 Å². The van der Waals surface area contributed by atoms with Crippen molar-refractivity contribution in [3.8, 4) is 45.8 Å². The maximum absolute atomic E-state index is 6.63. The summed E-state index contributed by atoms with van der Waals surface area (Å²) in [7, 11) is 0. The maximum Gasteiger partial charge on any atom is 0.270 e. The molecule has 0 bridgehead atoms. The lowest BCUT2D eigenvalue weighted by Crippen LogP contribution is -2.60. The molecule has 0 aliphatic carbocycles. The molecule has 2 aromatic heterocycles. The van der Waals surface area contributed by atoms with Gasteiger partial charge in [-0.15, -0.1) is 0 Å². The van der Waals surface area contributed by atoms with Gasteiger partial charge in [0.15, 0.2) is 5.75 Å². The SMILES string of the molecule is CCC(C)c1cc2c3c(c1)Oc1c(-c4ccccc4)ncc4c1B3c1c(cncc1O4)O2. The number of rotatable bonds is 3. The quantitative estimate of drug-likeness (QED) is 0.396. The van der Waals surface area contributed by atoms with E-state index in [4.69, 9.17) is 19.2 Å². The predicted molar refractivity (Wildman–Crippen MR) is 124 cm³/mol. The summed E-state index contributed by atoms with van der Waals surface area (Å²) in [6.07, 6.45) is 6.37. The second-order valence-corrected chi connectivity index (χ2v) is 8.61. The van der Waals surface area contributed by atoms with E-state index in [-0.39, 0.29) is 6.71 Å². The fourth-order valence-corrected chi connectivity index (χ4v) is 5.01. The summed E-state index contributed by atoms with van der Waals surface area (Å²) < 4.78 is 19.2. The van der Waals surface area contributed by atoms with Crippen LogP contribution in [0.25, 0.3) is 11.3 Å². The Labute approximate surface area is 186 Å². The number of pyridine rings is 2. The summed E-state index contributed by atoms with van der Waals surface area (Å²) in [5, 5.41) is 0. The zero-order valence-corrected chi connectivity index (χ0v) is 17.8. The van der Waals surface area contributed by atoms with Gasteiger partial charge in [-0.2, -0.15) is 0 Å². The first kappa shape index (κ1) is 17.8. The molecule has 3 aliphatic rings. The van der Waals surface area contributed by atoms with Crippen molar-refractivity contribution in [3.63, 3.8) is 0 Å². The van der Waals surface area contributed by atoms with E-state index in [9.17, 15) is 0 Å². The van der Waals surface area contributed by atoms with Crippen LogP contribution in [0.5, 0.6) is 34.5 Å². The molecule has 0 radical (unpaired) electrons. The Morgan fingerprint density at radius 3 is 2.22 bits per heavy atom. The normalized spacial score (nSPS) is 14.6. The van der Waals surface area contributed by atoms with Crippen molar-refractivity contribution in [1.29, 1.82) is 0 Å². The van der Waals surface area contributed by atoms with Gasteiger partial charge in [-0.3, -0.25) is 4.98 Å². The fraction of sp³-hybridized carbons (Fsp3) is 0.154. The Hall–Kier alpha value is -3.80. The summed E-state index contributed by atoms with van der Waals surface area (Å²) in [5.41, 5.74) is 6.10. The summed E-state index contributed by atoms with van der Waals surface area (Å²) in [5.74, 6) is 4.99.